The molecule has 2 aliphatic heterocycles. The van der Waals surface area contributed by atoms with Crippen LogP contribution in [-0.4, -0.2) is 22.6 Å². The van der Waals surface area contributed by atoms with Crippen LogP contribution in [0.15, 0.2) is 71.3 Å². The van der Waals surface area contributed by atoms with Crippen LogP contribution in [0.3, 0.4) is 0 Å². The molecule has 5 rings (SSSR count). The van der Waals surface area contributed by atoms with Gasteiger partial charge in [-0.2, -0.15) is 0 Å². The number of urea groups is 1. The highest BCUT2D eigenvalue weighted by atomic mass is 79.9. The Labute approximate surface area is 193 Å². The molecule has 0 saturated carbocycles. The fourth-order valence-corrected chi connectivity index (χ4v) is 4.68. The van der Waals surface area contributed by atoms with Crippen LogP contribution in [0.5, 0.6) is 5.75 Å². The van der Waals surface area contributed by atoms with Gasteiger partial charge in [-0.3, -0.25) is 14.7 Å². The maximum Gasteiger partial charge on any atom is 0.325 e. The van der Waals surface area contributed by atoms with E-state index in [1.165, 1.54) is 0 Å². The zero-order valence-electron chi connectivity index (χ0n) is 17.3. The number of carbonyl (C=O) groups excluding carboxylic acids is 2. The summed E-state index contributed by atoms with van der Waals surface area (Å²) < 4.78 is 7.26. The molecular weight excluding hydrogens is 472 g/mol. The van der Waals surface area contributed by atoms with E-state index >= 15 is 0 Å². The van der Waals surface area contributed by atoms with Crippen molar-refractivity contribution in [2.24, 2.45) is 0 Å². The molecule has 1 aromatic heterocycles. The van der Waals surface area contributed by atoms with Crippen LogP contribution in [0.1, 0.15) is 41.0 Å². The SMILES string of the molecule is CC12CC(NC(=O)N1c1cccc(C(=O)NCc3ccccn3)c1)c1cc(Br)ccc1O2. The zero-order chi connectivity index (χ0) is 22.3. The van der Waals surface area contributed by atoms with Gasteiger partial charge in [-0.15, -0.1) is 0 Å². The Morgan fingerprint density at radius 1 is 1.25 bits per heavy atom. The fraction of sp³-hybridized carbons (Fsp3) is 0.208. The monoisotopic (exact) mass is 492 g/mol. The Morgan fingerprint density at radius 2 is 2.12 bits per heavy atom. The summed E-state index contributed by atoms with van der Waals surface area (Å²) in [6.07, 6.45) is 2.27. The minimum atomic E-state index is -0.878. The molecule has 2 aliphatic rings. The van der Waals surface area contributed by atoms with E-state index in [0.717, 1.165) is 21.5 Å². The molecular formula is C24H21BrN4O3. The Balaban J connectivity index is 1.41. The standard InChI is InChI=1S/C24H21BrN4O3/c1-24-13-20(19-12-16(25)8-9-21(19)32-24)28-23(31)29(24)18-7-4-5-15(11-18)22(30)27-14-17-6-2-3-10-26-17/h2-12,20H,13-14H2,1H3,(H,27,30)(H,28,31). The second-order valence-corrected chi connectivity index (χ2v) is 8.97. The first kappa shape index (κ1) is 20.5. The fourth-order valence-electron chi connectivity index (χ4n) is 4.30. The predicted molar refractivity (Wildman–Crippen MR) is 123 cm³/mol. The number of benzene rings is 2. The number of halogens is 1. The quantitative estimate of drug-likeness (QED) is 0.559. The minimum Gasteiger partial charge on any atom is -0.467 e. The molecule has 0 aliphatic carbocycles. The van der Waals surface area contributed by atoms with Crippen molar-refractivity contribution < 1.29 is 14.3 Å². The lowest BCUT2D eigenvalue weighted by Crippen LogP contribution is -2.65. The highest BCUT2D eigenvalue weighted by molar-refractivity contribution is 9.10. The van der Waals surface area contributed by atoms with Gasteiger partial charge in [-0.05, 0) is 55.5 Å². The van der Waals surface area contributed by atoms with E-state index in [0.29, 0.717) is 24.2 Å². The molecule has 3 heterocycles. The van der Waals surface area contributed by atoms with Gasteiger partial charge in [-0.25, -0.2) is 4.79 Å². The van der Waals surface area contributed by atoms with E-state index in [1.807, 2.05) is 43.3 Å². The third kappa shape index (κ3) is 3.71. The van der Waals surface area contributed by atoms with Gasteiger partial charge in [0.25, 0.3) is 5.91 Å². The first-order chi connectivity index (χ1) is 15.4. The molecule has 0 spiro atoms. The van der Waals surface area contributed by atoms with E-state index in [-0.39, 0.29) is 18.0 Å². The topological polar surface area (TPSA) is 83.6 Å². The number of ether oxygens (including phenoxy) is 1. The number of hydrogen-bond acceptors (Lipinski definition) is 4. The van der Waals surface area contributed by atoms with Crippen LogP contribution < -0.4 is 20.3 Å². The molecule has 32 heavy (non-hydrogen) atoms. The van der Waals surface area contributed by atoms with Crippen molar-refractivity contribution in [3.05, 3.63) is 88.2 Å². The molecule has 7 nitrogen and oxygen atoms in total. The number of nitrogens with zero attached hydrogens (tertiary/aromatic N) is 2. The molecule has 162 valence electrons. The molecule has 2 aromatic carbocycles. The van der Waals surface area contributed by atoms with Crippen molar-refractivity contribution >= 4 is 33.6 Å². The Morgan fingerprint density at radius 3 is 2.94 bits per heavy atom. The second-order valence-electron chi connectivity index (χ2n) is 8.05. The molecule has 3 amide bonds. The minimum absolute atomic E-state index is 0.144. The first-order valence-electron chi connectivity index (χ1n) is 10.3. The zero-order valence-corrected chi connectivity index (χ0v) is 18.9. The summed E-state index contributed by atoms with van der Waals surface area (Å²) in [6.45, 7) is 2.22. The number of fused-ring (bicyclic) bond motifs is 4. The van der Waals surface area contributed by atoms with Crippen molar-refractivity contribution in [3.63, 3.8) is 0 Å². The third-order valence-corrected chi connectivity index (χ3v) is 6.25. The van der Waals surface area contributed by atoms with E-state index in [1.54, 1.807) is 35.4 Å². The molecule has 2 N–H and O–H groups in total. The number of nitrogens with one attached hydrogen (secondary N) is 2. The average molecular weight is 493 g/mol. The summed E-state index contributed by atoms with van der Waals surface area (Å²) in [7, 11) is 0. The van der Waals surface area contributed by atoms with Crippen LogP contribution in [0, 0.1) is 0 Å². The molecule has 2 atom stereocenters. The smallest absolute Gasteiger partial charge is 0.325 e. The van der Waals surface area contributed by atoms with E-state index in [2.05, 4.69) is 31.5 Å². The van der Waals surface area contributed by atoms with Crippen LogP contribution in [-0.2, 0) is 6.54 Å². The van der Waals surface area contributed by atoms with Gasteiger partial charge in [0.15, 0.2) is 5.72 Å². The molecule has 0 radical (unpaired) electrons. The van der Waals surface area contributed by atoms with E-state index in [4.69, 9.17) is 4.74 Å². The van der Waals surface area contributed by atoms with Gasteiger partial charge >= 0.3 is 6.03 Å². The van der Waals surface area contributed by atoms with Crippen molar-refractivity contribution in [3.8, 4) is 5.75 Å². The van der Waals surface area contributed by atoms with Crippen molar-refractivity contribution in [2.45, 2.75) is 31.7 Å². The number of hydrogen-bond donors (Lipinski definition) is 2. The van der Waals surface area contributed by atoms with Crippen LogP contribution in [0.25, 0.3) is 0 Å². The molecule has 2 bridgehead atoms. The Kier molecular flexibility index (Phi) is 5.09. The van der Waals surface area contributed by atoms with Gasteiger partial charge in [0.05, 0.1) is 24.0 Å². The number of carbonyl (C=O) groups is 2. The van der Waals surface area contributed by atoms with Crippen molar-refractivity contribution in [1.82, 2.24) is 15.6 Å². The lowest BCUT2D eigenvalue weighted by molar-refractivity contribution is 0.0378. The first-order valence-corrected chi connectivity index (χ1v) is 11.1. The molecule has 1 saturated heterocycles. The van der Waals surface area contributed by atoms with Gasteiger partial charge in [0.2, 0.25) is 0 Å². The summed E-state index contributed by atoms with van der Waals surface area (Å²) in [6, 6.07) is 17.9. The number of rotatable bonds is 4. The van der Waals surface area contributed by atoms with Gasteiger partial charge in [0.1, 0.15) is 5.75 Å². The number of amides is 3. The van der Waals surface area contributed by atoms with E-state index in [9.17, 15) is 9.59 Å². The second kappa shape index (κ2) is 7.94. The average Bonchev–Trinajstić information content (AvgIpc) is 2.78. The molecule has 8 heteroatoms. The number of anilines is 1. The van der Waals surface area contributed by atoms with Gasteiger partial charge in [0, 0.05) is 28.2 Å². The summed E-state index contributed by atoms with van der Waals surface area (Å²) in [5, 5.41) is 5.95. The molecule has 3 aromatic rings. The Hall–Kier alpha value is -3.39. The highest BCUT2D eigenvalue weighted by Crippen LogP contribution is 2.46. The maximum absolute atomic E-state index is 13.1. The van der Waals surface area contributed by atoms with Crippen LogP contribution >= 0.6 is 15.9 Å². The summed E-state index contributed by atoms with van der Waals surface area (Å²) in [4.78, 5) is 31.6. The van der Waals surface area contributed by atoms with Crippen LogP contribution in [0.2, 0.25) is 0 Å². The molecule has 2 unspecified atom stereocenters. The van der Waals surface area contributed by atoms with Crippen LogP contribution in [0.4, 0.5) is 10.5 Å². The maximum atomic E-state index is 13.1. The lowest BCUT2D eigenvalue weighted by atomic mass is 9.90. The highest BCUT2D eigenvalue weighted by Gasteiger charge is 2.49. The summed E-state index contributed by atoms with van der Waals surface area (Å²) >= 11 is 3.49. The third-order valence-electron chi connectivity index (χ3n) is 5.76. The van der Waals surface area contributed by atoms with E-state index < -0.39 is 5.72 Å². The summed E-state index contributed by atoms with van der Waals surface area (Å²) in [5.41, 5.74) is 1.89. The largest absolute Gasteiger partial charge is 0.467 e. The lowest BCUT2D eigenvalue weighted by Gasteiger charge is -2.50. The van der Waals surface area contributed by atoms with Crippen molar-refractivity contribution in [2.75, 3.05) is 4.90 Å². The predicted octanol–water partition coefficient (Wildman–Crippen LogP) is 4.54. The number of pyridine rings is 1. The van der Waals surface area contributed by atoms with Crippen molar-refractivity contribution in [1.29, 1.82) is 0 Å². The normalized spacial score (nSPS) is 21.2. The summed E-state index contributed by atoms with van der Waals surface area (Å²) in [5.74, 6) is 0.499. The van der Waals surface area contributed by atoms with Gasteiger partial charge in [-0.1, -0.05) is 28.1 Å². The van der Waals surface area contributed by atoms with Gasteiger partial charge < -0.3 is 15.4 Å². The Bertz CT molecular complexity index is 1200. The molecule has 1 fully saturated rings. The number of aromatic nitrogens is 1.